The molecule has 0 spiro atoms. The molecule has 1 aromatic heterocycles. The molecule has 0 atom stereocenters. The summed E-state index contributed by atoms with van der Waals surface area (Å²) in [5.41, 5.74) is 1.10. The Morgan fingerprint density at radius 1 is 0.950 bits per heavy atom. The molecule has 1 aliphatic heterocycles. The molecular weight excluding hydrogens is 545 g/mol. The molecule has 0 radical (unpaired) electrons. The van der Waals surface area contributed by atoms with Crippen LogP contribution in [0.5, 0.6) is 11.5 Å². The lowest BCUT2D eigenvalue weighted by Crippen LogP contribution is -2.40. The summed E-state index contributed by atoms with van der Waals surface area (Å²) in [5, 5.41) is 21.7. The number of nitrogens with zero attached hydrogens (tertiary/aromatic N) is 3. The van der Waals surface area contributed by atoms with Gasteiger partial charge in [0.2, 0.25) is 5.13 Å². The molecule has 4 aromatic rings. The molecule has 40 heavy (non-hydrogen) atoms. The molecule has 0 bridgehead atoms. The molecule has 2 N–H and O–H groups in total. The smallest absolute Gasteiger partial charge is 0.416 e. The number of hydrogen-bond donors (Lipinski definition) is 2. The van der Waals surface area contributed by atoms with Crippen molar-refractivity contribution in [2.45, 2.75) is 19.0 Å². The number of anilines is 2. The van der Waals surface area contributed by atoms with Gasteiger partial charge in [-0.1, -0.05) is 29.5 Å². The standard InChI is InChI=1S/C28H23F3N4O4S/c29-28(30,31)20-4-2-6-23(16-20)39-22-5-1-3-19(15-22)24-33-34-27(40-24)32-21-9-7-17(8-10-21)25(36)35-13-11-18(12-14-35)26(37)38/h1-10,15-16,18H,11-14H2,(H,32,34)(H,37,38). The zero-order valence-corrected chi connectivity index (χ0v) is 21.7. The molecule has 5 rings (SSSR count). The van der Waals surface area contributed by atoms with Crippen LogP contribution < -0.4 is 10.1 Å². The van der Waals surface area contributed by atoms with Gasteiger partial charge in [0.15, 0.2) is 0 Å². The Morgan fingerprint density at radius 3 is 2.30 bits per heavy atom. The highest BCUT2D eigenvalue weighted by molar-refractivity contribution is 7.18. The van der Waals surface area contributed by atoms with Gasteiger partial charge in [-0.2, -0.15) is 13.2 Å². The number of carbonyl (C=O) groups is 2. The van der Waals surface area contributed by atoms with Crippen molar-refractivity contribution in [3.05, 3.63) is 83.9 Å². The van der Waals surface area contributed by atoms with Crippen molar-refractivity contribution in [3.63, 3.8) is 0 Å². The van der Waals surface area contributed by atoms with Gasteiger partial charge in [0.05, 0.1) is 11.5 Å². The molecule has 1 fully saturated rings. The Kier molecular flexibility index (Phi) is 7.69. The van der Waals surface area contributed by atoms with Crippen LogP contribution in [-0.4, -0.2) is 45.2 Å². The fourth-order valence-electron chi connectivity index (χ4n) is 4.29. The molecule has 1 aliphatic rings. The van der Waals surface area contributed by atoms with Crippen LogP contribution in [0.4, 0.5) is 24.0 Å². The number of carboxylic acids is 1. The second-order valence-corrected chi connectivity index (χ2v) is 10.2. The van der Waals surface area contributed by atoms with Crippen molar-refractivity contribution < 1.29 is 32.6 Å². The third-order valence-electron chi connectivity index (χ3n) is 6.42. The summed E-state index contributed by atoms with van der Waals surface area (Å²) in [6, 6.07) is 18.4. The quantitative estimate of drug-likeness (QED) is 0.256. The van der Waals surface area contributed by atoms with Gasteiger partial charge >= 0.3 is 12.1 Å². The maximum absolute atomic E-state index is 13.0. The number of alkyl halides is 3. The Bertz CT molecular complexity index is 1520. The zero-order valence-electron chi connectivity index (χ0n) is 20.9. The average molecular weight is 569 g/mol. The van der Waals surface area contributed by atoms with Gasteiger partial charge in [-0.15, -0.1) is 10.2 Å². The van der Waals surface area contributed by atoms with E-state index in [1.807, 2.05) is 0 Å². The summed E-state index contributed by atoms with van der Waals surface area (Å²) in [4.78, 5) is 25.6. The van der Waals surface area contributed by atoms with E-state index in [0.717, 1.165) is 12.1 Å². The Hall–Kier alpha value is -4.45. The average Bonchev–Trinajstić information content (AvgIpc) is 3.41. The van der Waals surface area contributed by atoms with E-state index in [0.29, 0.717) is 58.6 Å². The van der Waals surface area contributed by atoms with Gasteiger partial charge in [0.1, 0.15) is 16.5 Å². The van der Waals surface area contributed by atoms with Crippen LogP contribution >= 0.6 is 11.3 Å². The monoisotopic (exact) mass is 568 g/mol. The Morgan fingerprint density at radius 2 is 1.62 bits per heavy atom. The second-order valence-electron chi connectivity index (χ2n) is 9.17. The van der Waals surface area contributed by atoms with Crippen molar-refractivity contribution >= 4 is 34.0 Å². The van der Waals surface area contributed by atoms with Gasteiger partial charge in [0, 0.05) is 29.9 Å². The number of hydrogen-bond acceptors (Lipinski definition) is 7. The third kappa shape index (κ3) is 6.40. The number of benzene rings is 3. The second kappa shape index (κ2) is 11.3. The molecule has 1 amide bonds. The summed E-state index contributed by atoms with van der Waals surface area (Å²) < 4.78 is 44.7. The molecule has 8 nitrogen and oxygen atoms in total. The Labute approximate surface area is 231 Å². The predicted molar refractivity (Wildman–Crippen MR) is 143 cm³/mol. The Balaban J connectivity index is 1.21. The number of rotatable bonds is 7. The van der Waals surface area contributed by atoms with Gasteiger partial charge in [-0.3, -0.25) is 9.59 Å². The summed E-state index contributed by atoms with van der Waals surface area (Å²) in [7, 11) is 0. The molecule has 206 valence electrons. The van der Waals surface area contributed by atoms with Gasteiger partial charge in [-0.05, 0) is 67.4 Å². The number of likely N-dealkylation sites (tertiary alicyclic amines) is 1. The first kappa shape index (κ1) is 27.1. The van der Waals surface area contributed by atoms with Gasteiger partial charge in [-0.25, -0.2) is 0 Å². The van der Waals surface area contributed by atoms with Crippen LogP contribution in [0.15, 0.2) is 72.8 Å². The van der Waals surface area contributed by atoms with Crippen molar-refractivity contribution in [3.8, 4) is 22.1 Å². The highest BCUT2D eigenvalue weighted by Gasteiger charge is 2.31. The molecule has 0 aliphatic carbocycles. The van der Waals surface area contributed by atoms with Crippen molar-refractivity contribution in [2.24, 2.45) is 5.92 Å². The number of aromatic nitrogens is 2. The van der Waals surface area contributed by atoms with Gasteiger partial charge < -0.3 is 20.1 Å². The lowest BCUT2D eigenvalue weighted by atomic mass is 9.96. The number of carboxylic acid groups (broad SMARTS) is 1. The van der Waals surface area contributed by atoms with E-state index in [1.54, 1.807) is 53.4 Å². The molecule has 1 saturated heterocycles. The van der Waals surface area contributed by atoms with Crippen LogP contribution in [0.2, 0.25) is 0 Å². The number of carbonyl (C=O) groups excluding carboxylic acids is 1. The van der Waals surface area contributed by atoms with E-state index in [4.69, 9.17) is 9.84 Å². The molecule has 2 heterocycles. The van der Waals surface area contributed by atoms with E-state index in [2.05, 4.69) is 15.5 Å². The fraction of sp³-hybridized carbons (Fsp3) is 0.214. The van der Waals surface area contributed by atoms with Crippen LogP contribution in [0, 0.1) is 5.92 Å². The number of nitrogens with one attached hydrogen (secondary N) is 1. The third-order valence-corrected chi connectivity index (χ3v) is 7.31. The predicted octanol–water partition coefficient (Wildman–Crippen LogP) is 6.70. The zero-order chi connectivity index (χ0) is 28.3. The number of aliphatic carboxylic acids is 1. The first-order chi connectivity index (χ1) is 19.2. The van der Waals surface area contributed by atoms with E-state index in [1.165, 1.54) is 23.5 Å². The SMILES string of the molecule is O=C(O)C1CCN(C(=O)c2ccc(Nc3nnc(-c4cccc(Oc5cccc(C(F)(F)F)c5)c4)s3)cc2)CC1. The van der Waals surface area contributed by atoms with E-state index in [-0.39, 0.29) is 11.7 Å². The lowest BCUT2D eigenvalue weighted by molar-refractivity contribution is -0.143. The van der Waals surface area contributed by atoms with E-state index < -0.39 is 23.6 Å². The van der Waals surface area contributed by atoms with Crippen molar-refractivity contribution in [2.75, 3.05) is 18.4 Å². The summed E-state index contributed by atoms with van der Waals surface area (Å²) in [6.07, 6.45) is -3.57. The minimum Gasteiger partial charge on any atom is -0.481 e. The van der Waals surface area contributed by atoms with Crippen molar-refractivity contribution in [1.82, 2.24) is 15.1 Å². The van der Waals surface area contributed by atoms with Crippen molar-refractivity contribution in [1.29, 1.82) is 0 Å². The molecule has 0 unspecified atom stereocenters. The first-order valence-electron chi connectivity index (χ1n) is 12.3. The first-order valence-corrected chi connectivity index (χ1v) is 13.2. The number of piperidine rings is 1. The van der Waals surface area contributed by atoms with Crippen LogP contribution in [0.3, 0.4) is 0 Å². The van der Waals surface area contributed by atoms with Crippen LogP contribution in [0.1, 0.15) is 28.8 Å². The number of ether oxygens (including phenoxy) is 1. The van der Waals surface area contributed by atoms with Gasteiger partial charge in [0.25, 0.3) is 5.91 Å². The van der Waals surface area contributed by atoms with E-state index >= 15 is 0 Å². The maximum Gasteiger partial charge on any atom is 0.416 e. The fourth-order valence-corrected chi connectivity index (χ4v) is 5.05. The van der Waals surface area contributed by atoms with Crippen LogP contribution in [-0.2, 0) is 11.0 Å². The normalized spacial score (nSPS) is 14.1. The molecule has 0 saturated carbocycles. The summed E-state index contributed by atoms with van der Waals surface area (Å²) in [6.45, 7) is 0.824. The topological polar surface area (TPSA) is 105 Å². The lowest BCUT2D eigenvalue weighted by Gasteiger charge is -2.30. The summed E-state index contributed by atoms with van der Waals surface area (Å²) >= 11 is 1.28. The highest BCUT2D eigenvalue weighted by Crippen LogP contribution is 2.35. The minimum absolute atomic E-state index is 0.0678. The largest absolute Gasteiger partial charge is 0.481 e. The summed E-state index contributed by atoms with van der Waals surface area (Å²) in [5.74, 6) is -0.940. The van der Waals surface area contributed by atoms with Crippen LogP contribution in [0.25, 0.3) is 10.6 Å². The number of amides is 1. The van der Waals surface area contributed by atoms with E-state index in [9.17, 15) is 22.8 Å². The maximum atomic E-state index is 13.0. The molecular formula is C28H23F3N4O4S. The number of halogens is 3. The highest BCUT2D eigenvalue weighted by atomic mass is 32.1. The molecule has 12 heteroatoms. The molecule has 3 aromatic carbocycles. The minimum atomic E-state index is -4.46.